The van der Waals surface area contributed by atoms with Gasteiger partial charge in [0, 0.05) is 20.3 Å². The lowest BCUT2D eigenvalue weighted by Crippen LogP contribution is -2.07. The molecule has 18 heavy (non-hydrogen) atoms. The first-order chi connectivity index (χ1) is 8.70. The van der Waals surface area contributed by atoms with Crippen molar-refractivity contribution in [1.82, 2.24) is 0 Å². The zero-order chi connectivity index (χ0) is 13.0. The molecule has 1 nitrogen and oxygen atoms in total. The van der Waals surface area contributed by atoms with Gasteiger partial charge in [0.05, 0.1) is 0 Å². The third kappa shape index (κ3) is 3.37. The molecule has 0 radical (unpaired) electrons. The van der Waals surface area contributed by atoms with Gasteiger partial charge in [0.1, 0.15) is 0 Å². The van der Waals surface area contributed by atoms with E-state index in [1.165, 1.54) is 15.4 Å². The van der Waals surface area contributed by atoms with E-state index < -0.39 is 0 Å². The molecular formula is C15H16BrNS. The van der Waals surface area contributed by atoms with Crippen LogP contribution in [-0.4, -0.2) is 0 Å². The summed E-state index contributed by atoms with van der Waals surface area (Å²) in [6, 6.07) is 16.9. The molecular weight excluding hydrogens is 306 g/mol. The molecule has 0 saturated heterocycles. The van der Waals surface area contributed by atoms with E-state index in [1.54, 1.807) is 11.8 Å². The third-order valence-electron chi connectivity index (χ3n) is 2.81. The fraction of sp³-hybridized carbons (Fsp3) is 0.200. The van der Waals surface area contributed by atoms with Gasteiger partial charge in [-0.2, -0.15) is 0 Å². The highest BCUT2D eigenvalue weighted by atomic mass is 79.9. The van der Waals surface area contributed by atoms with Crippen molar-refractivity contribution in [2.75, 3.05) is 0 Å². The normalized spacial score (nSPS) is 12.4. The molecule has 0 unspecified atom stereocenters. The zero-order valence-corrected chi connectivity index (χ0v) is 12.7. The summed E-state index contributed by atoms with van der Waals surface area (Å²) in [4.78, 5) is 2.46. The minimum Gasteiger partial charge on any atom is -0.324 e. The molecule has 94 valence electrons. The number of benzene rings is 2. The first-order valence-electron chi connectivity index (χ1n) is 5.98. The predicted molar refractivity (Wildman–Crippen MR) is 81.9 cm³/mol. The largest absolute Gasteiger partial charge is 0.324 e. The molecule has 0 bridgehead atoms. The molecule has 1 atom stereocenters. The van der Waals surface area contributed by atoms with Gasteiger partial charge in [0.2, 0.25) is 0 Å². The predicted octanol–water partition coefficient (Wildman–Crippen LogP) is 5.01. The van der Waals surface area contributed by atoms with Gasteiger partial charge in [-0.05, 0) is 52.2 Å². The van der Waals surface area contributed by atoms with Gasteiger partial charge in [-0.3, -0.25) is 0 Å². The Labute approximate surface area is 121 Å². The number of hydrogen-bond donors (Lipinski definition) is 1. The molecule has 0 aliphatic heterocycles. The molecule has 2 aromatic carbocycles. The minimum absolute atomic E-state index is 0.146. The van der Waals surface area contributed by atoms with Crippen molar-refractivity contribution in [3.8, 4) is 0 Å². The molecule has 0 fully saturated rings. The lowest BCUT2D eigenvalue weighted by molar-refractivity contribution is 0.698. The lowest BCUT2D eigenvalue weighted by atomic mass is 10.1. The SMILES string of the molecule is CC[C@@H](N)c1ccc(Sc2ccccc2Br)cc1. The second-order valence-corrected chi connectivity index (χ2v) is 6.09. The Hall–Kier alpha value is -0.770. The fourth-order valence-corrected chi connectivity index (χ4v) is 3.04. The van der Waals surface area contributed by atoms with Crippen LogP contribution in [0, 0.1) is 0 Å². The Morgan fingerprint density at radius 2 is 1.78 bits per heavy atom. The second-order valence-electron chi connectivity index (χ2n) is 4.12. The first kappa shape index (κ1) is 13.7. The summed E-state index contributed by atoms with van der Waals surface area (Å²) in [5, 5.41) is 0. The van der Waals surface area contributed by atoms with Crippen molar-refractivity contribution in [1.29, 1.82) is 0 Å². The summed E-state index contributed by atoms with van der Waals surface area (Å²) < 4.78 is 1.13. The number of halogens is 1. The summed E-state index contributed by atoms with van der Waals surface area (Å²) in [5.41, 5.74) is 7.21. The van der Waals surface area contributed by atoms with E-state index in [0.29, 0.717) is 0 Å². The fourth-order valence-electron chi connectivity index (χ4n) is 1.67. The van der Waals surface area contributed by atoms with Gasteiger partial charge in [-0.15, -0.1) is 0 Å². The quantitative estimate of drug-likeness (QED) is 0.856. The standard InChI is InChI=1S/C15H16BrNS/c1-2-14(17)11-7-9-12(10-8-11)18-15-6-4-3-5-13(15)16/h3-10,14H,2,17H2,1H3/t14-/m1/s1. The lowest BCUT2D eigenvalue weighted by Gasteiger charge is -2.10. The van der Waals surface area contributed by atoms with E-state index in [0.717, 1.165) is 10.9 Å². The summed E-state index contributed by atoms with van der Waals surface area (Å²) in [5.74, 6) is 0. The van der Waals surface area contributed by atoms with Crippen molar-refractivity contribution >= 4 is 27.7 Å². The first-order valence-corrected chi connectivity index (χ1v) is 7.59. The molecule has 0 saturated carbocycles. The van der Waals surface area contributed by atoms with Crippen LogP contribution in [-0.2, 0) is 0 Å². The molecule has 0 heterocycles. The van der Waals surface area contributed by atoms with Crippen LogP contribution in [0.3, 0.4) is 0 Å². The Bertz CT molecular complexity index is 510. The molecule has 2 aromatic rings. The Balaban J connectivity index is 2.14. The van der Waals surface area contributed by atoms with E-state index in [4.69, 9.17) is 5.73 Å². The van der Waals surface area contributed by atoms with Crippen molar-refractivity contribution in [2.45, 2.75) is 29.2 Å². The smallest absolute Gasteiger partial charge is 0.0314 e. The molecule has 2 rings (SSSR count). The molecule has 0 amide bonds. The Kier molecular flexibility index (Phi) is 4.87. The van der Waals surface area contributed by atoms with Crippen LogP contribution in [0.1, 0.15) is 24.9 Å². The summed E-state index contributed by atoms with van der Waals surface area (Å²) in [6.45, 7) is 2.11. The van der Waals surface area contributed by atoms with Crippen LogP contribution in [0.25, 0.3) is 0 Å². The number of rotatable bonds is 4. The van der Waals surface area contributed by atoms with Crippen LogP contribution < -0.4 is 5.73 Å². The molecule has 0 spiro atoms. The average Bonchev–Trinajstić information content (AvgIpc) is 2.41. The van der Waals surface area contributed by atoms with E-state index in [1.807, 2.05) is 6.07 Å². The maximum atomic E-state index is 6.01. The second kappa shape index (κ2) is 6.41. The maximum absolute atomic E-state index is 6.01. The topological polar surface area (TPSA) is 26.0 Å². The minimum atomic E-state index is 0.146. The highest BCUT2D eigenvalue weighted by molar-refractivity contribution is 9.10. The van der Waals surface area contributed by atoms with Crippen LogP contribution in [0.5, 0.6) is 0 Å². The van der Waals surface area contributed by atoms with E-state index in [2.05, 4.69) is 65.3 Å². The highest BCUT2D eigenvalue weighted by Gasteiger charge is 2.04. The Morgan fingerprint density at radius 3 is 2.39 bits per heavy atom. The van der Waals surface area contributed by atoms with Crippen LogP contribution in [0.15, 0.2) is 62.8 Å². The monoisotopic (exact) mass is 321 g/mol. The summed E-state index contributed by atoms with van der Waals surface area (Å²) in [7, 11) is 0. The highest BCUT2D eigenvalue weighted by Crippen LogP contribution is 2.33. The van der Waals surface area contributed by atoms with E-state index >= 15 is 0 Å². The van der Waals surface area contributed by atoms with Crippen molar-refractivity contribution in [3.63, 3.8) is 0 Å². The van der Waals surface area contributed by atoms with Crippen LogP contribution in [0.2, 0.25) is 0 Å². The maximum Gasteiger partial charge on any atom is 0.0314 e. The van der Waals surface area contributed by atoms with Gasteiger partial charge >= 0.3 is 0 Å². The van der Waals surface area contributed by atoms with Crippen LogP contribution >= 0.6 is 27.7 Å². The van der Waals surface area contributed by atoms with E-state index in [-0.39, 0.29) is 6.04 Å². The average molecular weight is 322 g/mol. The summed E-state index contributed by atoms with van der Waals surface area (Å²) >= 11 is 5.32. The van der Waals surface area contributed by atoms with Gasteiger partial charge in [-0.25, -0.2) is 0 Å². The van der Waals surface area contributed by atoms with Gasteiger partial charge < -0.3 is 5.73 Å². The Morgan fingerprint density at radius 1 is 1.11 bits per heavy atom. The van der Waals surface area contributed by atoms with E-state index in [9.17, 15) is 0 Å². The third-order valence-corrected chi connectivity index (χ3v) is 4.85. The van der Waals surface area contributed by atoms with Crippen LogP contribution in [0.4, 0.5) is 0 Å². The van der Waals surface area contributed by atoms with Crippen molar-refractivity contribution in [3.05, 3.63) is 58.6 Å². The number of hydrogen-bond acceptors (Lipinski definition) is 2. The molecule has 0 aromatic heterocycles. The number of nitrogens with two attached hydrogens (primary N) is 1. The van der Waals surface area contributed by atoms with Crippen molar-refractivity contribution in [2.24, 2.45) is 5.73 Å². The molecule has 0 aliphatic rings. The van der Waals surface area contributed by atoms with Gasteiger partial charge in [-0.1, -0.05) is 43.0 Å². The molecule has 2 N–H and O–H groups in total. The molecule has 3 heteroatoms. The van der Waals surface area contributed by atoms with Crippen molar-refractivity contribution < 1.29 is 0 Å². The van der Waals surface area contributed by atoms with Gasteiger partial charge in [0.15, 0.2) is 0 Å². The zero-order valence-electron chi connectivity index (χ0n) is 10.3. The van der Waals surface area contributed by atoms with Gasteiger partial charge in [0.25, 0.3) is 0 Å². The molecule has 0 aliphatic carbocycles. The summed E-state index contributed by atoms with van der Waals surface area (Å²) in [6.07, 6.45) is 0.969.